The van der Waals surface area contributed by atoms with E-state index >= 15 is 0 Å². The molecule has 0 fully saturated rings. The van der Waals surface area contributed by atoms with Crippen molar-refractivity contribution in [2.45, 2.75) is 38.6 Å². The van der Waals surface area contributed by atoms with Crippen LogP contribution in [0.4, 0.5) is 5.69 Å². The third-order valence-electron chi connectivity index (χ3n) is 3.99. The molecule has 0 aliphatic carbocycles. The van der Waals surface area contributed by atoms with Crippen LogP contribution in [0.1, 0.15) is 32.8 Å². The number of carbonyl (C=O) groups is 1. The van der Waals surface area contributed by atoms with Crippen molar-refractivity contribution in [1.29, 1.82) is 0 Å². The van der Waals surface area contributed by atoms with Gasteiger partial charge in [0.15, 0.2) is 0 Å². The van der Waals surface area contributed by atoms with E-state index in [0.29, 0.717) is 12.6 Å². The summed E-state index contributed by atoms with van der Waals surface area (Å²) >= 11 is 0. The zero-order valence-electron chi connectivity index (χ0n) is 11.0. The van der Waals surface area contributed by atoms with Crippen LogP contribution in [0.15, 0.2) is 24.3 Å². The first-order chi connectivity index (χ1) is 7.94. The van der Waals surface area contributed by atoms with Crippen LogP contribution < -0.4 is 4.90 Å². The molecule has 4 heteroatoms. The van der Waals surface area contributed by atoms with Crippen LogP contribution in [-0.4, -0.2) is 23.7 Å². The molecule has 0 saturated carbocycles. The van der Waals surface area contributed by atoms with E-state index in [4.69, 9.17) is 5.11 Å². The quantitative estimate of drug-likeness (QED) is 0.931. The van der Waals surface area contributed by atoms with Crippen LogP contribution in [-0.2, 0) is 10.2 Å². The number of rotatable bonds is 3. The van der Waals surface area contributed by atoms with Gasteiger partial charge in [-0.05, 0) is 18.6 Å². The van der Waals surface area contributed by atoms with Crippen LogP contribution in [0.25, 0.3) is 0 Å². The summed E-state index contributed by atoms with van der Waals surface area (Å²) in [7, 11) is 0. The smallest absolute Gasteiger partial charge is 0.305 e. The molecule has 2 rings (SSSR count). The summed E-state index contributed by atoms with van der Waals surface area (Å²) in [5, 5.41) is 8.81. The standard InChI is InChI=1S/C14H19NO2.BrH/c1-10-14(2,3)11-6-4-5-7-12(11)15(10)9-8-13(16)17;/h4-7,10H,8-9H2,1-3H3,(H,16,17);1H. The van der Waals surface area contributed by atoms with Crippen molar-refractivity contribution in [2.24, 2.45) is 0 Å². The van der Waals surface area contributed by atoms with Crippen molar-refractivity contribution in [3.63, 3.8) is 0 Å². The number of fused-ring (bicyclic) bond motifs is 1. The Morgan fingerprint density at radius 1 is 1.39 bits per heavy atom. The van der Waals surface area contributed by atoms with E-state index in [1.165, 1.54) is 11.3 Å². The molecule has 1 unspecified atom stereocenters. The Balaban J connectivity index is 0.00000162. The van der Waals surface area contributed by atoms with Gasteiger partial charge >= 0.3 is 5.97 Å². The molecule has 3 nitrogen and oxygen atoms in total. The SMILES string of the molecule is Br.CC1N(CCC(=O)O)c2ccccc2C1(C)C. The van der Waals surface area contributed by atoms with Crippen molar-refractivity contribution < 1.29 is 9.90 Å². The molecule has 18 heavy (non-hydrogen) atoms. The maximum Gasteiger partial charge on any atom is 0.305 e. The molecule has 0 bridgehead atoms. The molecule has 0 radical (unpaired) electrons. The summed E-state index contributed by atoms with van der Waals surface area (Å²) in [5.74, 6) is -0.737. The normalized spacial score (nSPS) is 20.2. The predicted octanol–water partition coefficient (Wildman–Crippen LogP) is 3.23. The van der Waals surface area contributed by atoms with Gasteiger partial charge in [0.1, 0.15) is 0 Å². The van der Waals surface area contributed by atoms with Gasteiger partial charge in [-0.3, -0.25) is 4.79 Å². The fourth-order valence-electron chi connectivity index (χ4n) is 2.62. The van der Waals surface area contributed by atoms with Gasteiger partial charge in [0.25, 0.3) is 0 Å². The molecule has 1 aliphatic rings. The van der Waals surface area contributed by atoms with Crippen molar-refractivity contribution in [3.05, 3.63) is 29.8 Å². The van der Waals surface area contributed by atoms with E-state index in [1.807, 2.05) is 12.1 Å². The fraction of sp³-hybridized carbons (Fsp3) is 0.500. The average molecular weight is 314 g/mol. The first-order valence-corrected chi connectivity index (χ1v) is 6.02. The highest BCUT2D eigenvalue weighted by molar-refractivity contribution is 8.93. The maximum atomic E-state index is 10.7. The number of aliphatic carboxylic acids is 1. The van der Waals surface area contributed by atoms with Gasteiger partial charge < -0.3 is 10.0 Å². The summed E-state index contributed by atoms with van der Waals surface area (Å²) in [4.78, 5) is 12.9. The molecular formula is C14H20BrNO2. The van der Waals surface area contributed by atoms with Gasteiger partial charge in [0, 0.05) is 23.7 Å². The Hall–Kier alpha value is -1.03. The number of carboxylic acid groups (broad SMARTS) is 1. The number of carboxylic acids is 1. The van der Waals surface area contributed by atoms with Crippen molar-refractivity contribution in [1.82, 2.24) is 0 Å². The molecule has 1 N–H and O–H groups in total. The molecule has 100 valence electrons. The number of hydrogen-bond acceptors (Lipinski definition) is 2. The summed E-state index contributed by atoms with van der Waals surface area (Å²) in [6, 6.07) is 8.63. The molecule has 0 spiro atoms. The Bertz CT molecular complexity index is 445. The number of nitrogens with zero attached hydrogens (tertiary/aromatic N) is 1. The van der Waals surface area contributed by atoms with E-state index in [1.54, 1.807) is 0 Å². The van der Waals surface area contributed by atoms with E-state index in [0.717, 1.165) is 0 Å². The predicted molar refractivity (Wildman–Crippen MR) is 78.9 cm³/mol. The Kier molecular flexibility index (Phi) is 4.43. The number of para-hydroxylation sites is 1. The summed E-state index contributed by atoms with van der Waals surface area (Å²) < 4.78 is 0. The molecule has 1 heterocycles. The van der Waals surface area contributed by atoms with E-state index in [9.17, 15) is 4.79 Å². The topological polar surface area (TPSA) is 40.5 Å². The minimum Gasteiger partial charge on any atom is -0.481 e. The molecule has 0 aromatic heterocycles. The molecule has 0 amide bonds. The van der Waals surface area contributed by atoms with Gasteiger partial charge in [-0.1, -0.05) is 32.0 Å². The second-order valence-corrected chi connectivity index (χ2v) is 5.25. The largest absolute Gasteiger partial charge is 0.481 e. The monoisotopic (exact) mass is 313 g/mol. The third kappa shape index (κ3) is 2.39. The summed E-state index contributed by atoms with van der Waals surface area (Å²) in [6.45, 7) is 7.19. The Morgan fingerprint density at radius 2 is 2.00 bits per heavy atom. The van der Waals surface area contributed by atoms with E-state index < -0.39 is 5.97 Å². The second kappa shape index (κ2) is 5.31. The van der Waals surface area contributed by atoms with Gasteiger partial charge in [-0.25, -0.2) is 0 Å². The van der Waals surface area contributed by atoms with Crippen LogP contribution in [0.2, 0.25) is 0 Å². The van der Waals surface area contributed by atoms with Crippen LogP contribution in [0.3, 0.4) is 0 Å². The van der Waals surface area contributed by atoms with Crippen LogP contribution >= 0.6 is 17.0 Å². The lowest BCUT2D eigenvalue weighted by Gasteiger charge is -2.31. The van der Waals surface area contributed by atoms with Crippen molar-refractivity contribution in [3.8, 4) is 0 Å². The van der Waals surface area contributed by atoms with Crippen LogP contribution in [0.5, 0.6) is 0 Å². The van der Waals surface area contributed by atoms with Gasteiger partial charge in [0.05, 0.1) is 6.42 Å². The third-order valence-corrected chi connectivity index (χ3v) is 3.99. The number of halogens is 1. The van der Waals surface area contributed by atoms with Crippen LogP contribution in [0, 0.1) is 0 Å². The summed E-state index contributed by atoms with van der Waals surface area (Å²) in [6.07, 6.45) is 0.189. The van der Waals surface area contributed by atoms with Gasteiger partial charge in [-0.15, -0.1) is 17.0 Å². The fourth-order valence-corrected chi connectivity index (χ4v) is 2.62. The summed E-state index contributed by atoms with van der Waals surface area (Å²) in [5.41, 5.74) is 2.58. The number of anilines is 1. The molecule has 0 saturated heterocycles. The van der Waals surface area contributed by atoms with E-state index in [-0.39, 0.29) is 28.8 Å². The maximum absolute atomic E-state index is 10.7. The molecule has 1 atom stereocenters. The second-order valence-electron chi connectivity index (χ2n) is 5.25. The highest BCUT2D eigenvalue weighted by Gasteiger charge is 2.41. The van der Waals surface area contributed by atoms with Crippen molar-refractivity contribution >= 4 is 28.6 Å². The molecule has 1 aromatic rings. The van der Waals surface area contributed by atoms with Gasteiger partial charge in [0.2, 0.25) is 0 Å². The van der Waals surface area contributed by atoms with E-state index in [2.05, 4.69) is 37.8 Å². The van der Waals surface area contributed by atoms with Gasteiger partial charge in [-0.2, -0.15) is 0 Å². The lowest BCUT2D eigenvalue weighted by Crippen LogP contribution is -2.39. The first kappa shape index (κ1) is 15.0. The molecule has 1 aliphatic heterocycles. The zero-order valence-corrected chi connectivity index (χ0v) is 12.7. The molecular weight excluding hydrogens is 294 g/mol. The van der Waals surface area contributed by atoms with Crippen molar-refractivity contribution in [2.75, 3.05) is 11.4 Å². The highest BCUT2D eigenvalue weighted by atomic mass is 79.9. The Labute approximate surface area is 119 Å². The number of benzene rings is 1. The average Bonchev–Trinajstić information content (AvgIpc) is 2.47. The highest BCUT2D eigenvalue weighted by Crippen LogP contribution is 2.44. The minimum atomic E-state index is -0.737. The number of hydrogen-bond donors (Lipinski definition) is 1. The Morgan fingerprint density at radius 3 is 2.61 bits per heavy atom. The molecule has 1 aromatic carbocycles. The zero-order chi connectivity index (χ0) is 12.6. The lowest BCUT2D eigenvalue weighted by molar-refractivity contribution is -0.136. The first-order valence-electron chi connectivity index (χ1n) is 6.02. The minimum absolute atomic E-state index is 0. The lowest BCUT2D eigenvalue weighted by atomic mass is 9.81.